The first kappa shape index (κ1) is 19.7. The maximum absolute atomic E-state index is 12.5. The van der Waals surface area contributed by atoms with Gasteiger partial charge in [-0.25, -0.2) is 0 Å². The number of fused-ring (bicyclic) bond motifs is 3. The molecule has 4 rings (SSSR count). The molecule has 4 nitrogen and oxygen atoms in total. The van der Waals surface area contributed by atoms with Crippen molar-refractivity contribution in [3.05, 3.63) is 63.3 Å². The number of hydrogen-bond donors (Lipinski definition) is 2. The molecule has 0 amide bonds. The lowest BCUT2D eigenvalue weighted by Crippen LogP contribution is -2.16. The number of aromatic amines is 1. The monoisotopic (exact) mass is 406 g/mol. The van der Waals surface area contributed by atoms with Gasteiger partial charge >= 0.3 is 0 Å². The number of aromatic nitrogens is 1. The lowest BCUT2D eigenvalue weighted by molar-refractivity contribution is 0.416. The van der Waals surface area contributed by atoms with Gasteiger partial charge in [0.15, 0.2) is 0 Å². The first-order chi connectivity index (χ1) is 14.1. The number of aryl methyl sites for hydroxylation is 1. The first-order valence-corrected chi connectivity index (χ1v) is 10.8. The molecule has 0 fully saturated rings. The SMILES string of the molecule is CCC(CNC)c1ccc(-c2c(OC)cc(C)c3[nH]c(=O)c4sccc4c23)cc1. The summed E-state index contributed by atoms with van der Waals surface area (Å²) in [5, 5.41) is 7.29. The number of thiophene rings is 1. The Bertz CT molecular complexity index is 1220. The molecule has 2 aromatic heterocycles. The zero-order valence-corrected chi connectivity index (χ0v) is 18.1. The van der Waals surface area contributed by atoms with Crippen LogP contribution in [0.5, 0.6) is 5.75 Å². The van der Waals surface area contributed by atoms with Gasteiger partial charge in [0, 0.05) is 22.9 Å². The van der Waals surface area contributed by atoms with Crippen molar-refractivity contribution >= 4 is 32.3 Å². The fraction of sp³-hybridized carbons (Fsp3) is 0.292. The van der Waals surface area contributed by atoms with Gasteiger partial charge in [0.25, 0.3) is 5.56 Å². The minimum atomic E-state index is -0.0325. The molecule has 1 unspecified atom stereocenters. The van der Waals surface area contributed by atoms with E-state index in [-0.39, 0.29) is 5.56 Å². The van der Waals surface area contributed by atoms with Crippen LogP contribution in [0.25, 0.3) is 32.1 Å². The Balaban J connectivity index is 1.99. The van der Waals surface area contributed by atoms with Crippen LogP contribution in [0.1, 0.15) is 30.4 Å². The van der Waals surface area contributed by atoms with Crippen LogP contribution in [-0.4, -0.2) is 25.7 Å². The van der Waals surface area contributed by atoms with Crippen molar-refractivity contribution in [3.63, 3.8) is 0 Å². The number of benzene rings is 2. The average molecular weight is 407 g/mol. The smallest absolute Gasteiger partial charge is 0.266 e. The summed E-state index contributed by atoms with van der Waals surface area (Å²) in [4.78, 5) is 15.6. The zero-order valence-electron chi connectivity index (χ0n) is 17.3. The van der Waals surface area contributed by atoms with Crippen LogP contribution < -0.4 is 15.6 Å². The Morgan fingerprint density at radius 2 is 1.97 bits per heavy atom. The molecule has 2 aromatic carbocycles. The molecule has 0 aliphatic rings. The molecule has 5 heteroatoms. The highest BCUT2D eigenvalue weighted by atomic mass is 32.1. The van der Waals surface area contributed by atoms with Crippen molar-refractivity contribution in [3.8, 4) is 16.9 Å². The van der Waals surface area contributed by atoms with Crippen molar-refractivity contribution < 1.29 is 4.74 Å². The van der Waals surface area contributed by atoms with E-state index in [4.69, 9.17) is 4.74 Å². The number of methoxy groups -OCH3 is 1. The van der Waals surface area contributed by atoms with Crippen LogP contribution >= 0.6 is 11.3 Å². The predicted molar refractivity (Wildman–Crippen MR) is 124 cm³/mol. The van der Waals surface area contributed by atoms with Crippen molar-refractivity contribution in [1.29, 1.82) is 0 Å². The number of nitrogens with one attached hydrogen (secondary N) is 2. The molecule has 0 aliphatic heterocycles. The van der Waals surface area contributed by atoms with E-state index in [9.17, 15) is 4.79 Å². The van der Waals surface area contributed by atoms with Gasteiger partial charge in [0.2, 0.25) is 0 Å². The molecule has 0 saturated heterocycles. The van der Waals surface area contributed by atoms with Gasteiger partial charge in [0.05, 0.1) is 12.6 Å². The molecule has 0 aliphatic carbocycles. The van der Waals surface area contributed by atoms with E-state index in [1.165, 1.54) is 16.9 Å². The molecule has 0 radical (unpaired) electrons. The third kappa shape index (κ3) is 3.34. The Morgan fingerprint density at radius 3 is 2.62 bits per heavy atom. The Morgan fingerprint density at radius 1 is 1.21 bits per heavy atom. The van der Waals surface area contributed by atoms with Crippen LogP contribution in [0.2, 0.25) is 0 Å². The van der Waals surface area contributed by atoms with Gasteiger partial charge in [-0.05, 0) is 60.5 Å². The molecule has 2 heterocycles. The maximum Gasteiger partial charge on any atom is 0.266 e. The molecular weight excluding hydrogens is 380 g/mol. The van der Waals surface area contributed by atoms with E-state index >= 15 is 0 Å². The van der Waals surface area contributed by atoms with E-state index in [0.717, 1.165) is 56.4 Å². The molecule has 0 spiro atoms. The number of rotatable bonds is 6. The van der Waals surface area contributed by atoms with Gasteiger partial charge in [-0.3, -0.25) is 4.79 Å². The largest absolute Gasteiger partial charge is 0.496 e. The summed E-state index contributed by atoms with van der Waals surface area (Å²) in [6, 6.07) is 12.8. The van der Waals surface area contributed by atoms with Crippen molar-refractivity contribution in [1.82, 2.24) is 10.3 Å². The standard InChI is InChI=1S/C24H26N2O2S/c1-5-15(13-25-3)16-6-8-17(9-7-16)20-19(28-4)12-14(2)22-21(20)18-10-11-29-23(18)24(27)26-22/h6-12,15,25H,5,13H2,1-4H3,(H,26,27). The topological polar surface area (TPSA) is 54.1 Å². The molecule has 0 saturated carbocycles. The van der Waals surface area contributed by atoms with E-state index in [1.54, 1.807) is 7.11 Å². The first-order valence-electron chi connectivity index (χ1n) is 9.94. The maximum atomic E-state index is 12.5. The molecule has 4 aromatic rings. The number of likely N-dealkylation sites (N-methyl/N-ethyl adjacent to an activating group) is 1. The lowest BCUT2D eigenvalue weighted by atomic mass is 9.91. The minimum Gasteiger partial charge on any atom is -0.496 e. The van der Waals surface area contributed by atoms with E-state index < -0.39 is 0 Å². The third-order valence-corrected chi connectivity index (χ3v) is 6.61. The van der Waals surface area contributed by atoms with Crippen LogP contribution in [-0.2, 0) is 0 Å². The van der Waals surface area contributed by atoms with Crippen molar-refractivity contribution in [2.45, 2.75) is 26.2 Å². The normalized spacial score (nSPS) is 12.6. The minimum absolute atomic E-state index is 0.0325. The summed E-state index contributed by atoms with van der Waals surface area (Å²) >= 11 is 1.48. The Labute approximate surface area is 174 Å². The van der Waals surface area contributed by atoms with Crippen LogP contribution in [0.4, 0.5) is 0 Å². The number of H-pyrrole nitrogens is 1. The fourth-order valence-corrected chi connectivity index (χ4v) is 4.98. The second-order valence-electron chi connectivity index (χ2n) is 7.42. The summed E-state index contributed by atoms with van der Waals surface area (Å²) in [5.74, 6) is 1.32. The van der Waals surface area contributed by atoms with Crippen molar-refractivity contribution in [2.75, 3.05) is 20.7 Å². The van der Waals surface area contributed by atoms with E-state index in [2.05, 4.69) is 41.5 Å². The third-order valence-electron chi connectivity index (χ3n) is 5.70. The second kappa shape index (κ2) is 8.01. The van der Waals surface area contributed by atoms with Crippen molar-refractivity contribution in [2.24, 2.45) is 0 Å². The summed E-state index contributed by atoms with van der Waals surface area (Å²) < 4.78 is 6.54. The fourth-order valence-electron chi connectivity index (χ4n) is 4.18. The molecule has 150 valence electrons. The van der Waals surface area contributed by atoms with Gasteiger partial charge in [-0.1, -0.05) is 31.2 Å². The summed E-state index contributed by atoms with van der Waals surface area (Å²) in [7, 11) is 3.70. The molecule has 2 N–H and O–H groups in total. The second-order valence-corrected chi connectivity index (χ2v) is 8.34. The van der Waals surface area contributed by atoms with E-state index in [1.807, 2.05) is 31.5 Å². The number of pyridine rings is 1. The Hall–Kier alpha value is -2.63. The summed E-state index contributed by atoms with van der Waals surface area (Å²) in [6.45, 7) is 5.19. The highest BCUT2D eigenvalue weighted by Crippen LogP contribution is 2.42. The van der Waals surface area contributed by atoms with Gasteiger partial charge in [-0.2, -0.15) is 0 Å². The molecule has 0 bridgehead atoms. The average Bonchev–Trinajstić information content (AvgIpc) is 3.23. The summed E-state index contributed by atoms with van der Waals surface area (Å²) in [6.07, 6.45) is 1.09. The van der Waals surface area contributed by atoms with Gasteiger partial charge in [-0.15, -0.1) is 11.3 Å². The van der Waals surface area contributed by atoms with Crippen LogP contribution in [0.15, 0.2) is 46.6 Å². The molecule has 1 atom stereocenters. The number of hydrogen-bond acceptors (Lipinski definition) is 4. The highest BCUT2D eigenvalue weighted by Gasteiger charge is 2.18. The van der Waals surface area contributed by atoms with Gasteiger partial charge < -0.3 is 15.0 Å². The number of ether oxygens (including phenoxy) is 1. The van der Waals surface area contributed by atoms with E-state index in [0.29, 0.717) is 5.92 Å². The van der Waals surface area contributed by atoms with Crippen LogP contribution in [0.3, 0.4) is 0 Å². The molecule has 29 heavy (non-hydrogen) atoms. The zero-order chi connectivity index (χ0) is 20.5. The lowest BCUT2D eigenvalue weighted by Gasteiger charge is -2.18. The quantitative estimate of drug-likeness (QED) is 0.448. The van der Waals surface area contributed by atoms with Crippen LogP contribution in [0, 0.1) is 6.92 Å². The summed E-state index contributed by atoms with van der Waals surface area (Å²) in [5.41, 5.74) is 5.30. The highest BCUT2D eigenvalue weighted by molar-refractivity contribution is 7.17. The van der Waals surface area contributed by atoms with Gasteiger partial charge in [0.1, 0.15) is 10.4 Å². The predicted octanol–water partition coefficient (Wildman–Crippen LogP) is 5.44. The Kier molecular flexibility index (Phi) is 5.43. The molecular formula is C24H26N2O2S.